The molecule has 1 aromatic carbocycles. The molecule has 0 atom stereocenters. The number of methoxy groups -OCH3 is 2. The van der Waals surface area contributed by atoms with Crippen LogP contribution in [0, 0.1) is 0 Å². The van der Waals surface area contributed by atoms with Crippen LogP contribution in [0.5, 0.6) is 11.5 Å². The number of hydrogen-bond donors (Lipinski definition) is 0. The maximum Gasteiger partial charge on any atom is 0.191 e. The van der Waals surface area contributed by atoms with Crippen LogP contribution in [-0.2, 0) is 4.74 Å². The van der Waals surface area contributed by atoms with E-state index in [-0.39, 0.29) is 12.2 Å². The SMILES string of the molecule is COc1ccc(OC)c(C(=O)CC2=NCCO2)c1. The standard InChI is InChI=1S/C13H15NO4/c1-16-9-3-4-12(17-2)10(7-9)11(15)8-13-14-5-6-18-13/h3-4,7H,5-6,8H2,1-2H3. The highest BCUT2D eigenvalue weighted by Crippen LogP contribution is 2.25. The molecular weight excluding hydrogens is 234 g/mol. The molecule has 0 bridgehead atoms. The molecule has 0 radical (unpaired) electrons. The van der Waals surface area contributed by atoms with Gasteiger partial charge in [0.2, 0.25) is 0 Å². The lowest BCUT2D eigenvalue weighted by atomic mass is 10.1. The Kier molecular flexibility index (Phi) is 3.82. The molecule has 0 saturated carbocycles. The zero-order chi connectivity index (χ0) is 13.0. The van der Waals surface area contributed by atoms with E-state index < -0.39 is 0 Å². The second-order valence-electron chi connectivity index (χ2n) is 3.79. The maximum atomic E-state index is 12.2. The molecular formula is C13H15NO4. The largest absolute Gasteiger partial charge is 0.497 e. The molecule has 0 unspecified atom stereocenters. The summed E-state index contributed by atoms with van der Waals surface area (Å²) in [4.78, 5) is 16.3. The minimum atomic E-state index is -0.0913. The van der Waals surface area contributed by atoms with Gasteiger partial charge in [0.05, 0.1) is 32.7 Å². The lowest BCUT2D eigenvalue weighted by Gasteiger charge is -2.09. The quantitative estimate of drug-likeness (QED) is 0.745. The van der Waals surface area contributed by atoms with E-state index in [1.807, 2.05) is 0 Å². The van der Waals surface area contributed by atoms with Crippen LogP contribution in [0.15, 0.2) is 23.2 Å². The van der Waals surface area contributed by atoms with Gasteiger partial charge in [-0.25, -0.2) is 0 Å². The first-order valence-corrected chi connectivity index (χ1v) is 5.66. The van der Waals surface area contributed by atoms with Crippen LogP contribution >= 0.6 is 0 Å². The van der Waals surface area contributed by atoms with E-state index in [0.717, 1.165) is 0 Å². The van der Waals surface area contributed by atoms with E-state index in [0.29, 0.717) is 36.1 Å². The molecule has 1 aliphatic rings. The van der Waals surface area contributed by atoms with Gasteiger partial charge >= 0.3 is 0 Å². The van der Waals surface area contributed by atoms with Crippen LogP contribution in [0.2, 0.25) is 0 Å². The minimum Gasteiger partial charge on any atom is -0.497 e. The van der Waals surface area contributed by atoms with Gasteiger partial charge in [-0.15, -0.1) is 0 Å². The summed E-state index contributed by atoms with van der Waals surface area (Å²) in [6.45, 7) is 1.18. The Morgan fingerprint density at radius 2 is 2.22 bits per heavy atom. The number of carbonyl (C=O) groups excluding carboxylic acids is 1. The molecule has 1 heterocycles. The van der Waals surface area contributed by atoms with Gasteiger partial charge in [0.1, 0.15) is 18.1 Å². The van der Waals surface area contributed by atoms with Crippen LogP contribution in [-0.4, -0.2) is 39.1 Å². The van der Waals surface area contributed by atoms with Crippen molar-refractivity contribution in [1.82, 2.24) is 0 Å². The number of carbonyl (C=O) groups is 1. The first-order valence-electron chi connectivity index (χ1n) is 5.66. The van der Waals surface area contributed by atoms with E-state index >= 15 is 0 Å². The Morgan fingerprint density at radius 1 is 1.39 bits per heavy atom. The Bertz CT molecular complexity index is 482. The van der Waals surface area contributed by atoms with E-state index in [4.69, 9.17) is 14.2 Å². The van der Waals surface area contributed by atoms with Gasteiger partial charge in [-0.3, -0.25) is 9.79 Å². The van der Waals surface area contributed by atoms with Gasteiger partial charge in [-0.2, -0.15) is 0 Å². The molecule has 96 valence electrons. The third-order valence-corrected chi connectivity index (χ3v) is 2.67. The summed E-state index contributed by atoms with van der Waals surface area (Å²) in [5.74, 6) is 1.55. The van der Waals surface area contributed by atoms with E-state index in [1.54, 1.807) is 25.3 Å². The third-order valence-electron chi connectivity index (χ3n) is 2.67. The van der Waals surface area contributed by atoms with Crippen molar-refractivity contribution < 1.29 is 19.0 Å². The summed E-state index contributed by atoms with van der Waals surface area (Å²) in [6.07, 6.45) is 0.156. The van der Waals surface area contributed by atoms with Crippen molar-refractivity contribution in [2.24, 2.45) is 4.99 Å². The molecule has 18 heavy (non-hydrogen) atoms. The van der Waals surface area contributed by atoms with Crippen molar-refractivity contribution in [3.05, 3.63) is 23.8 Å². The molecule has 0 N–H and O–H groups in total. The van der Waals surface area contributed by atoms with Gasteiger partial charge in [0.15, 0.2) is 11.7 Å². The summed E-state index contributed by atoms with van der Waals surface area (Å²) in [7, 11) is 3.09. The monoisotopic (exact) mass is 249 g/mol. The number of benzene rings is 1. The van der Waals surface area contributed by atoms with Crippen LogP contribution in [0.1, 0.15) is 16.8 Å². The van der Waals surface area contributed by atoms with Gasteiger partial charge in [0.25, 0.3) is 0 Å². The summed E-state index contributed by atoms with van der Waals surface area (Å²) >= 11 is 0. The maximum absolute atomic E-state index is 12.2. The van der Waals surface area contributed by atoms with Crippen molar-refractivity contribution in [3.63, 3.8) is 0 Å². The highest BCUT2D eigenvalue weighted by molar-refractivity contribution is 6.09. The first-order chi connectivity index (χ1) is 8.74. The second-order valence-corrected chi connectivity index (χ2v) is 3.79. The predicted octanol–water partition coefficient (Wildman–Crippen LogP) is 1.71. The first kappa shape index (κ1) is 12.4. The second kappa shape index (κ2) is 5.53. The third kappa shape index (κ3) is 2.61. The number of ether oxygens (including phenoxy) is 3. The lowest BCUT2D eigenvalue weighted by Crippen LogP contribution is -2.10. The number of ketones is 1. The zero-order valence-electron chi connectivity index (χ0n) is 10.4. The molecule has 0 spiro atoms. The Morgan fingerprint density at radius 3 is 2.83 bits per heavy atom. The minimum absolute atomic E-state index is 0.0913. The zero-order valence-corrected chi connectivity index (χ0v) is 10.4. The molecule has 1 aromatic rings. The van der Waals surface area contributed by atoms with Crippen molar-refractivity contribution in [2.45, 2.75) is 6.42 Å². The predicted molar refractivity (Wildman–Crippen MR) is 66.7 cm³/mol. The summed E-state index contributed by atoms with van der Waals surface area (Å²) in [5.41, 5.74) is 0.482. The van der Waals surface area contributed by atoms with E-state index in [2.05, 4.69) is 4.99 Å². The Labute approximate surface area is 105 Å². The van der Waals surface area contributed by atoms with Crippen molar-refractivity contribution in [2.75, 3.05) is 27.4 Å². The molecule has 0 saturated heterocycles. The van der Waals surface area contributed by atoms with Crippen LogP contribution < -0.4 is 9.47 Å². The Hall–Kier alpha value is -2.04. The van der Waals surface area contributed by atoms with Crippen LogP contribution in [0.4, 0.5) is 0 Å². The van der Waals surface area contributed by atoms with Crippen LogP contribution in [0.25, 0.3) is 0 Å². The topological polar surface area (TPSA) is 57.1 Å². The van der Waals surface area contributed by atoms with Gasteiger partial charge in [-0.1, -0.05) is 0 Å². The van der Waals surface area contributed by atoms with Gasteiger partial charge in [0, 0.05) is 0 Å². The summed E-state index contributed by atoms with van der Waals surface area (Å²) in [5, 5.41) is 0. The molecule has 5 nitrogen and oxygen atoms in total. The highest BCUT2D eigenvalue weighted by atomic mass is 16.5. The highest BCUT2D eigenvalue weighted by Gasteiger charge is 2.18. The fourth-order valence-corrected chi connectivity index (χ4v) is 1.75. The summed E-state index contributed by atoms with van der Waals surface area (Å²) < 4.78 is 15.5. The molecule has 0 aliphatic carbocycles. The van der Waals surface area contributed by atoms with Crippen molar-refractivity contribution in [3.8, 4) is 11.5 Å². The molecule has 0 amide bonds. The van der Waals surface area contributed by atoms with Crippen molar-refractivity contribution >= 4 is 11.7 Å². The fourth-order valence-electron chi connectivity index (χ4n) is 1.75. The van der Waals surface area contributed by atoms with Gasteiger partial charge in [-0.05, 0) is 18.2 Å². The molecule has 2 rings (SSSR count). The molecule has 0 fully saturated rings. The number of nitrogens with zero attached hydrogens (tertiary/aromatic N) is 1. The molecule has 5 heteroatoms. The summed E-state index contributed by atoms with van der Waals surface area (Å²) in [6, 6.07) is 5.12. The van der Waals surface area contributed by atoms with Crippen molar-refractivity contribution in [1.29, 1.82) is 0 Å². The van der Waals surface area contributed by atoms with Crippen LogP contribution in [0.3, 0.4) is 0 Å². The average molecular weight is 249 g/mol. The molecule has 1 aliphatic heterocycles. The number of rotatable bonds is 5. The smallest absolute Gasteiger partial charge is 0.191 e. The number of aliphatic imine (C=N–C) groups is 1. The average Bonchev–Trinajstić information content (AvgIpc) is 2.90. The lowest BCUT2D eigenvalue weighted by molar-refractivity contribution is 0.0991. The number of hydrogen-bond acceptors (Lipinski definition) is 5. The fraction of sp³-hybridized carbons (Fsp3) is 0.385. The van der Waals surface area contributed by atoms with E-state index in [1.165, 1.54) is 7.11 Å². The normalized spacial score (nSPS) is 13.8. The Balaban J connectivity index is 2.21. The van der Waals surface area contributed by atoms with Gasteiger partial charge < -0.3 is 14.2 Å². The molecule has 0 aromatic heterocycles. The number of Topliss-reactive ketones (excluding diaryl/α,β-unsaturated/α-hetero) is 1. The van der Waals surface area contributed by atoms with E-state index in [9.17, 15) is 4.79 Å².